The summed E-state index contributed by atoms with van der Waals surface area (Å²) in [7, 11) is 0. The zero-order chi connectivity index (χ0) is 44.9. The van der Waals surface area contributed by atoms with E-state index in [-0.39, 0.29) is 17.7 Å². The molecule has 0 amide bonds. The second-order valence-corrected chi connectivity index (χ2v) is 19.6. The first-order valence-electron chi connectivity index (χ1n) is 24.2. The van der Waals surface area contributed by atoms with E-state index in [1.165, 1.54) is 108 Å². The fourth-order valence-electron chi connectivity index (χ4n) is 12.7. The Morgan fingerprint density at radius 1 is 0.403 bits per heavy atom. The summed E-state index contributed by atoms with van der Waals surface area (Å²) in [6, 6.07) is 79.7. The summed E-state index contributed by atoms with van der Waals surface area (Å²) in [5, 5.41) is 0. The third kappa shape index (κ3) is 5.98. The number of nitrogens with zero attached hydrogens (tertiary/aromatic N) is 3. The van der Waals surface area contributed by atoms with Crippen molar-refractivity contribution in [2.45, 2.75) is 57.4 Å². The lowest BCUT2D eigenvalue weighted by Crippen LogP contribution is -2.61. The van der Waals surface area contributed by atoms with Crippen LogP contribution in [0, 0.1) is 6.92 Å². The second-order valence-electron chi connectivity index (χ2n) is 19.6. The van der Waals surface area contributed by atoms with Crippen molar-refractivity contribution in [1.29, 1.82) is 0 Å². The third-order valence-electron chi connectivity index (χ3n) is 16.1. The first-order valence-corrected chi connectivity index (χ1v) is 24.2. The minimum absolute atomic E-state index is 0.0154. The summed E-state index contributed by atoms with van der Waals surface area (Å²) in [5.41, 5.74) is 23.8. The summed E-state index contributed by atoms with van der Waals surface area (Å²) < 4.78 is 0. The summed E-state index contributed by atoms with van der Waals surface area (Å²) in [6.07, 6.45) is 4.71. The molecular weight excluding hydrogens is 810 g/mol. The van der Waals surface area contributed by atoms with E-state index in [9.17, 15) is 0 Å². The Kier molecular flexibility index (Phi) is 9.06. The van der Waals surface area contributed by atoms with Crippen molar-refractivity contribution < 1.29 is 0 Å². The van der Waals surface area contributed by atoms with Crippen molar-refractivity contribution in [1.82, 2.24) is 0 Å². The molecule has 67 heavy (non-hydrogen) atoms. The molecule has 0 radical (unpaired) electrons. The molecular formula is C63H52BN3. The minimum Gasteiger partial charge on any atom is -0.334 e. The predicted octanol–water partition coefficient (Wildman–Crippen LogP) is 14.8. The molecule has 3 aliphatic heterocycles. The van der Waals surface area contributed by atoms with Crippen LogP contribution in [0.2, 0.25) is 0 Å². The van der Waals surface area contributed by atoms with Crippen molar-refractivity contribution in [3.05, 3.63) is 223 Å². The summed E-state index contributed by atoms with van der Waals surface area (Å²) in [4.78, 5) is 7.94. The van der Waals surface area contributed by atoms with Crippen LogP contribution in [0.4, 0.5) is 45.5 Å². The monoisotopic (exact) mass is 861 g/mol. The molecule has 322 valence electrons. The Hall–Kier alpha value is -7.56. The van der Waals surface area contributed by atoms with Gasteiger partial charge in [0.05, 0.1) is 5.54 Å². The number of hydrogen-bond donors (Lipinski definition) is 0. The van der Waals surface area contributed by atoms with E-state index in [1.807, 2.05) is 0 Å². The quantitative estimate of drug-likeness (QED) is 0.154. The number of hydrogen-bond acceptors (Lipinski definition) is 3. The van der Waals surface area contributed by atoms with Crippen LogP contribution in [0.5, 0.6) is 0 Å². The minimum atomic E-state index is -0.159. The van der Waals surface area contributed by atoms with Gasteiger partial charge in [-0.1, -0.05) is 171 Å². The van der Waals surface area contributed by atoms with Gasteiger partial charge in [0.15, 0.2) is 0 Å². The molecule has 9 aromatic carbocycles. The molecule has 9 aromatic rings. The van der Waals surface area contributed by atoms with Gasteiger partial charge in [0.1, 0.15) is 0 Å². The Balaban J connectivity index is 1.12. The maximum atomic E-state index is 2.78. The van der Waals surface area contributed by atoms with Gasteiger partial charge < -0.3 is 14.7 Å². The molecule has 0 saturated heterocycles. The van der Waals surface area contributed by atoms with Gasteiger partial charge in [-0.3, -0.25) is 0 Å². The average molecular weight is 862 g/mol. The molecule has 1 saturated carbocycles. The van der Waals surface area contributed by atoms with Crippen molar-refractivity contribution in [3.8, 4) is 33.4 Å². The average Bonchev–Trinajstić information content (AvgIpc) is 3.59. The molecule has 0 N–H and O–H groups in total. The second kappa shape index (κ2) is 15.3. The zero-order valence-electron chi connectivity index (χ0n) is 38.5. The molecule has 4 heteroatoms. The highest BCUT2D eigenvalue weighted by Crippen LogP contribution is 2.62. The van der Waals surface area contributed by atoms with E-state index in [0.717, 1.165) is 24.2 Å². The van der Waals surface area contributed by atoms with Crippen LogP contribution in [0.15, 0.2) is 212 Å². The molecule has 0 spiro atoms. The number of aryl methyl sites for hydroxylation is 1. The molecule has 0 bridgehead atoms. The van der Waals surface area contributed by atoms with Gasteiger partial charge in [-0.25, -0.2) is 0 Å². The van der Waals surface area contributed by atoms with Gasteiger partial charge in [-0.2, -0.15) is 0 Å². The largest absolute Gasteiger partial charge is 0.334 e. The lowest BCUT2D eigenvalue weighted by Gasteiger charge is -2.51. The lowest BCUT2D eigenvalue weighted by molar-refractivity contribution is 0.195. The standard InChI is InChI=1S/C63H52BN3/c1-43-20-13-14-29-52(43)48-33-35-56-53(39-48)62(2)36-17-18-37-63(62,3)67(56)51-41-59-61-60(42-51)66(50-28-19-25-46(38-50)44-21-7-4-8-22-44)58-40-47(45-23-9-5-10-24-45)32-34-55(58)64(61)54-30-15-16-31-57(54)65(59)49-26-11-6-12-27-49/h4-16,19-35,38-42H,17-18,36-37H2,1-3H3. The van der Waals surface area contributed by atoms with Gasteiger partial charge in [-0.05, 0) is 148 Å². The van der Waals surface area contributed by atoms with E-state index in [2.05, 4.69) is 248 Å². The fourth-order valence-corrected chi connectivity index (χ4v) is 12.7. The number of benzene rings is 9. The summed E-state index contributed by atoms with van der Waals surface area (Å²) in [5.74, 6) is 0. The molecule has 1 fully saturated rings. The van der Waals surface area contributed by atoms with Crippen molar-refractivity contribution in [3.63, 3.8) is 0 Å². The fraction of sp³-hybridized carbons (Fsp3) is 0.143. The Morgan fingerprint density at radius 3 is 1.73 bits per heavy atom. The van der Waals surface area contributed by atoms with Crippen molar-refractivity contribution in [2.75, 3.05) is 14.7 Å². The van der Waals surface area contributed by atoms with Crippen LogP contribution in [0.25, 0.3) is 33.4 Å². The van der Waals surface area contributed by atoms with Crippen molar-refractivity contribution in [2.24, 2.45) is 0 Å². The van der Waals surface area contributed by atoms with Crippen LogP contribution in [0.1, 0.15) is 50.7 Å². The van der Waals surface area contributed by atoms with Gasteiger partial charge in [-0.15, -0.1) is 0 Å². The van der Waals surface area contributed by atoms with E-state index in [1.54, 1.807) is 0 Å². The van der Waals surface area contributed by atoms with E-state index in [0.29, 0.717) is 0 Å². The van der Waals surface area contributed by atoms with Gasteiger partial charge >= 0.3 is 0 Å². The molecule has 4 aliphatic rings. The first kappa shape index (κ1) is 39.8. The SMILES string of the molecule is Cc1ccccc1-c1ccc2c(c1)C1(C)CCCCC1(C)N2c1cc2c3c(c1)N(c1cccc(-c4ccccc4)c1)c1cc(-c4ccccc4)ccc1B3c1ccccc1N2c1ccccc1. The maximum Gasteiger partial charge on any atom is 0.252 e. The number of para-hydroxylation sites is 2. The van der Waals surface area contributed by atoms with E-state index in [4.69, 9.17) is 0 Å². The van der Waals surface area contributed by atoms with E-state index < -0.39 is 0 Å². The molecule has 3 nitrogen and oxygen atoms in total. The normalized spacial score (nSPS) is 18.7. The van der Waals surface area contributed by atoms with E-state index >= 15 is 0 Å². The van der Waals surface area contributed by atoms with Crippen LogP contribution < -0.4 is 31.1 Å². The molecule has 1 aliphatic carbocycles. The lowest BCUT2D eigenvalue weighted by atomic mass is 9.33. The summed E-state index contributed by atoms with van der Waals surface area (Å²) in [6.45, 7) is 7.40. The number of rotatable bonds is 6. The number of fused-ring (bicyclic) bond motifs is 7. The van der Waals surface area contributed by atoms with Crippen LogP contribution in [-0.4, -0.2) is 12.3 Å². The van der Waals surface area contributed by atoms with Crippen LogP contribution in [-0.2, 0) is 5.41 Å². The highest BCUT2D eigenvalue weighted by Gasteiger charge is 2.58. The Morgan fingerprint density at radius 2 is 0.985 bits per heavy atom. The topological polar surface area (TPSA) is 9.72 Å². The molecule has 0 aromatic heterocycles. The van der Waals surface area contributed by atoms with Gasteiger partial charge in [0.25, 0.3) is 6.71 Å². The highest BCUT2D eigenvalue weighted by atomic mass is 15.3. The predicted molar refractivity (Wildman–Crippen MR) is 284 cm³/mol. The Bertz CT molecular complexity index is 3380. The van der Waals surface area contributed by atoms with Crippen LogP contribution >= 0.6 is 0 Å². The van der Waals surface area contributed by atoms with Gasteiger partial charge in [0, 0.05) is 50.9 Å². The van der Waals surface area contributed by atoms with Crippen molar-refractivity contribution >= 4 is 68.6 Å². The molecule has 3 heterocycles. The number of anilines is 8. The van der Waals surface area contributed by atoms with Gasteiger partial charge in [0.2, 0.25) is 0 Å². The smallest absolute Gasteiger partial charge is 0.252 e. The molecule has 2 atom stereocenters. The first-order chi connectivity index (χ1) is 32.9. The Labute approximate surface area is 395 Å². The van der Waals surface area contributed by atoms with Crippen LogP contribution in [0.3, 0.4) is 0 Å². The highest BCUT2D eigenvalue weighted by molar-refractivity contribution is 7.00. The zero-order valence-corrected chi connectivity index (χ0v) is 38.5. The molecule has 2 unspecified atom stereocenters. The third-order valence-corrected chi connectivity index (χ3v) is 16.1. The maximum absolute atomic E-state index is 2.78. The summed E-state index contributed by atoms with van der Waals surface area (Å²) >= 11 is 0. The molecule has 13 rings (SSSR count).